The fraction of sp³-hybridized carbons (Fsp3) is 0.463. The number of anilines is 2. The molecule has 58 heavy (non-hydrogen) atoms. The molecule has 3 aliphatic rings. The van der Waals surface area contributed by atoms with Crippen LogP contribution in [0.3, 0.4) is 0 Å². The normalized spacial score (nSPS) is 21.6. The third kappa shape index (κ3) is 7.35. The Labute approximate surface area is 335 Å². The molecule has 0 bridgehead atoms. The van der Waals surface area contributed by atoms with Crippen molar-refractivity contribution in [3.63, 3.8) is 0 Å². The van der Waals surface area contributed by atoms with Gasteiger partial charge >= 0.3 is 12.1 Å². The molecule has 0 radical (unpaired) electrons. The molecule has 2 aromatic rings. The highest BCUT2D eigenvalue weighted by Crippen LogP contribution is 2.54. The highest BCUT2D eigenvalue weighted by Gasteiger charge is 2.63. The summed E-state index contributed by atoms with van der Waals surface area (Å²) >= 11 is 0. The molecule has 5 rings (SSSR count). The van der Waals surface area contributed by atoms with Crippen LogP contribution in [-0.2, 0) is 30.3 Å². The van der Waals surface area contributed by atoms with Gasteiger partial charge in [-0.2, -0.15) is 0 Å². The van der Waals surface area contributed by atoms with E-state index in [2.05, 4.69) is 5.32 Å². The Morgan fingerprint density at radius 3 is 2.10 bits per heavy atom. The molecular formula is C41H51N5O12. The highest BCUT2D eigenvalue weighted by molar-refractivity contribution is 6.25. The third-order valence-corrected chi connectivity index (χ3v) is 11.0. The molecule has 0 heterocycles. The number of amides is 3. The molecule has 0 fully saturated rings. The van der Waals surface area contributed by atoms with E-state index in [1.54, 1.807) is 67.7 Å². The Morgan fingerprint density at radius 2 is 1.57 bits per heavy atom. The van der Waals surface area contributed by atoms with Gasteiger partial charge in [-0.1, -0.05) is 17.7 Å². The average Bonchev–Trinajstić information content (AvgIpc) is 3.08. The summed E-state index contributed by atoms with van der Waals surface area (Å²) in [5.41, 5.74) is 3.25. The number of allylic oxidation sites excluding steroid dienone is 1. The van der Waals surface area contributed by atoms with Gasteiger partial charge in [-0.05, 0) is 97.2 Å². The average molecular weight is 806 g/mol. The number of hydrogen-bond acceptors (Lipinski definition) is 14. The van der Waals surface area contributed by atoms with Gasteiger partial charge in [0.1, 0.15) is 23.6 Å². The van der Waals surface area contributed by atoms with Gasteiger partial charge in [-0.25, -0.2) is 9.59 Å². The van der Waals surface area contributed by atoms with Crippen molar-refractivity contribution in [2.45, 2.75) is 71.6 Å². The second-order valence-corrected chi connectivity index (χ2v) is 16.5. The molecular weight excluding hydrogens is 754 g/mol. The van der Waals surface area contributed by atoms with Crippen molar-refractivity contribution >= 4 is 46.8 Å². The maximum Gasteiger partial charge on any atom is 0.413 e. The molecule has 3 amide bonds. The number of ether oxygens (including phenoxy) is 2. The second-order valence-electron chi connectivity index (χ2n) is 16.5. The van der Waals surface area contributed by atoms with E-state index in [4.69, 9.17) is 15.2 Å². The van der Waals surface area contributed by atoms with Crippen molar-refractivity contribution in [3.8, 4) is 5.75 Å². The number of nitrogens with one attached hydrogen (secondary N) is 1. The summed E-state index contributed by atoms with van der Waals surface area (Å²) in [6.45, 7) is 9.02. The lowest BCUT2D eigenvalue weighted by Gasteiger charge is -2.50. The Balaban J connectivity index is 1.43. The zero-order valence-electron chi connectivity index (χ0n) is 34.3. The summed E-state index contributed by atoms with van der Waals surface area (Å²) in [7, 11) is 6.43. The number of Topliss-reactive ketones (excluding diaryl/α,β-unsaturated/α-hetero) is 2. The topological polar surface area (TPSA) is 250 Å². The third-order valence-electron chi connectivity index (χ3n) is 11.0. The number of nitrogens with zero attached hydrogens (tertiary/aromatic N) is 3. The standard InChI is InChI=1S/C41H51N5O12/c1-18-11-19(2)27(20(3)12-18)38(54)57-17-58-39(55)46(40(4,5)6)16-26(47)43-24-15-25(44(7)8)22-13-21-14-23-31(45(9)10)34(50)30(37(42)53)36(52)41(23,56)35(51)28(21)33(49)29(22)32(24)48/h11-12,15,21,23,31,48,50-51,56H,13-14,16-17H2,1-10H3,(H2,42,53)(H,43,47)/t21-,23-,31-,41-/m0/s1. The fourth-order valence-corrected chi connectivity index (χ4v) is 8.49. The van der Waals surface area contributed by atoms with E-state index < -0.39 is 101 Å². The number of phenols is 1. The number of benzene rings is 2. The van der Waals surface area contributed by atoms with Crippen LogP contribution in [0.25, 0.3) is 0 Å². The minimum absolute atomic E-state index is 0.0289. The number of likely N-dealkylation sites (N-methyl/N-ethyl adjacent to an activating group) is 1. The number of aliphatic hydroxyl groups is 3. The lowest BCUT2D eigenvalue weighted by molar-refractivity contribution is -0.148. The van der Waals surface area contributed by atoms with Crippen molar-refractivity contribution in [2.24, 2.45) is 17.6 Å². The molecule has 0 saturated carbocycles. The molecule has 0 spiro atoms. The molecule has 17 heteroatoms. The van der Waals surface area contributed by atoms with Gasteiger partial charge in [-0.3, -0.25) is 29.0 Å². The molecule has 0 aromatic heterocycles. The number of carbonyl (C=O) groups excluding carboxylic acids is 6. The fourth-order valence-electron chi connectivity index (χ4n) is 8.49. The largest absolute Gasteiger partial charge is 0.510 e. The van der Waals surface area contributed by atoms with Crippen LogP contribution < -0.4 is 16.0 Å². The highest BCUT2D eigenvalue weighted by atomic mass is 16.7. The van der Waals surface area contributed by atoms with Crippen LogP contribution in [0.5, 0.6) is 5.75 Å². The molecule has 2 aromatic carbocycles. The minimum atomic E-state index is -2.82. The van der Waals surface area contributed by atoms with Gasteiger partial charge in [-0.15, -0.1) is 0 Å². The monoisotopic (exact) mass is 805 g/mol. The van der Waals surface area contributed by atoms with E-state index in [1.807, 2.05) is 19.1 Å². The summed E-state index contributed by atoms with van der Waals surface area (Å²) in [6.07, 6.45) is -1.05. The van der Waals surface area contributed by atoms with E-state index in [0.29, 0.717) is 27.9 Å². The summed E-state index contributed by atoms with van der Waals surface area (Å²) in [5, 5.41) is 48.8. The predicted octanol–water partition coefficient (Wildman–Crippen LogP) is 3.10. The number of fused-ring (bicyclic) bond motifs is 3. The van der Waals surface area contributed by atoms with Crippen LogP contribution in [0.2, 0.25) is 0 Å². The SMILES string of the molecule is Cc1cc(C)c(C(=O)OCOC(=O)N(CC(=O)Nc2cc(N(C)C)c3c(c2O)C(=O)C2=C(O)[C@]4(O)C(=O)C(C(N)=O)=C(O)[C@@H](N(C)C)[C@@H]4C[C@@H]2C3)C(C)(C)C)c(C)c1. The van der Waals surface area contributed by atoms with E-state index >= 15 is 0 Å². The molecule has 0 unspecified atom stereocenters. The lowest BCUT2D eigenvalue weighted by Crippen LogP contribution is -2.63. The summed E-state index contributed by atoms with van der Waals surface area (Å²) in [6, 6.07) is 3.96. The Hall–Kier alpha value is -5.94. The van der Waals surface area contributed by atoms with Crippen molar-refractivity contribution in [3.05, 3.63) is 74.2 Å². The zero-order valence-corrected chi connectivity index (χ0v) is 34.3. The van der Waals surface area contributed by atoms with Crippen molar-refractivity contribution < 1.29 is 58.7 Å². The first-order valence-electron chi connectivity index (χ1n) is 18.5. The first-order valence-corrected chi connectivity index (χ1v) is 18.5. The number of ketones is 2. The first-order chi connectivity index (χ1) is 26.8. The van der Waals surface area contributed by atoms with Crippen LogP contribution >= 0.6 is 0 Å². The van der Waals surface area contributed by atoms with Crippen LogP contribution in [0.4, 0.5) is 16.2 Å². The van der Waals surface area contributed by atoms with E-state index in [0.717, 1.165) is 10.5 Å². The van der Waals surface area contributed by atoms with Crippen LogP contribution in [0.15, 0.2) is 40.9 Å². The zero-order chi connectivity index (χ0) is 43.5. The van der Waals surface area contributed by atoms with Crippen LogP contribution in [-0.4, -0.2) is 124 Å². The Morgan fingerprint density at radius 1 is 0.966 bits per heavy atom. The molecule has 0 aliphatic heterocycles. The predicted molar refractivity (Wildman–Crippen MR) is 211 cm³/mol. The number of esters is 1. The number of aryl methyl sites for hydroxylation is 3. The summed E-state index contributed by atoms with van der Waals surface area (Å²) in [4.78, 5) is 84.3. The molecule has 312 valence electrons. The van der Waals surface area contributed by atoms with Gasteiger partial charge in [0.25, 0.3) is 5.91 Å². The number of aromatic hydroxyl groups is 1. The first kappa shape index (κ1) is 43.2. The van der Waals surface area contributed by atoms with Gasteiger partial charge in [0, 0.05) is 36.8 Å². The number of phenolic OH excluding ortho intramolecular Hbond substituents is 1. The number of primary amides is 1. The molecule has 3 aliphatic carbocycles. The molecule has 4 atom stereocenters. The smallest absolute Gasteiger partial charge is 0.413 e. The number of nitrogens with two attached hydrogens (primary N) is 1. The summed E-state index contributed by atoms with van der Waals surface area (Å²) in [5.74, 6) is -9.51. The summed E-state index contributed by atoms with van der Waals surface area (Å²) < 4.78 is 10.5. The van der Waals surface area contributed by atoms with E-state index in [1.165, 1.54) is 11.0 Å². The van der Waals surface area contributed by atoms with Gasteiger partial charge in [0.2, 0.25) is 18.5 Å². The van der Waals surface area contributed by atoms with E-state index in [-0.39, 0.29) is 29.7 Å². The number of carbonyl (C=O) groups is 6. The minimum Gasteiger partial charge on any atom is -0.510 e. The Bertz CT molecular complexity index is 2180. The lowest BCUT2D eigenvalue weighted by atomic mass is 9.58. The van der Waals surface area contributed by atoms with Gasteiger partial charge < -0.3 is 45.9 Å². The molecule has 0 saturated heterocycles. The van der Waals surface area contributed by atoms with Crippen molar-refractivity contribution in [1.29, 1.82) is 0 Å². The van der Waals surface area contributed by atoms with Crippen LogP contribution in [0, 0.1) is 32.6 Å². The van der Waals surface area contributed by atoms with Crippen LogP contribution in [0.1, 0.15) is 70.2 Å². The molecule has 7 N–H and O–H groups in total. The maximum absolute atomic E-state index is 14.4. The quantitative estimate of drug-likeness (QED) is 0.0923. The number of rotatable bonds is 9. The van der Waals surface area contributed by atoms with Gasteiger partial charge in [0.05, 0.1) is 22.9 Å². The van der Waals surface area contributed by atoms with E-state index in [9.17, 15) is 49.2 Å². The second kappa shape index (κ2) is 15.4. The molecule has 17 nitrogen and oxygen atoms in total. The van der Waals surface area contributed by atoms with Crippen molar-refractivity contribution in [2.75, 3.05) is 51.7 Å². The number of aliphatic hydroxyl groups excluding tert-OH is 2. The maximum atomic E-state index is 14.4. The number of hydrogen-bond donors (Lipinski definition) is 6. The van der Waals surface area contributed by atoms with Crippen molar-refractivity contribution in [1.82, 2.24) is 9.80 Å². The Kier molecular flexibility index (Phi) is 11.5. The van der Waals surface area contributed by atoms with Gasteiger partial charge in [0.15, 0.2) is 17.1 Å².